The summed E-state index contributed by atoms with van der Waals surface area (Å²) in [7, 11) is 0. The van der Waals surface area contributed by atoms with Gasteiger partial charge in [0.25, 0.3) is 23.7 Å². The number of halogens is 2. The van der Waals surface area contributed by atoms with Gasteiger partial charge >= 0.3 is 0 Å². The Hall–Kier alpha value is -4.97. The summed E-state index contributed by atoms with van der Waals surface area (Å²) in [5, 5.41) is 20.1. The van der Waals surface area contributed by atoms with Crippen LogP contribution < -0.4 is 20.4 Å². The standard InChI is InChI=1S/C34H31Cl2N9O5/c1-32(17-20-2-4-21(18-37)5-3-20)29(48)44(24-15-22(35)14-23(36)16-24)31-38-19-25(45(31)32)26(46)40-33(6-7-33)27(47)41-34(8-9-34)28-39-30(42-50-28)43-10-12-49-13-11-43/h2-5,14-16,19H,6-13,17H2,1H3,(H,40,46)(H,41,47)/t32-/m1/s1. The van der Waals surface area contributed by atoms with Gasteiger partial charge in [-0.05, 0) is 73.7 Å². The van der Waals surface area contributed by atoms with E-state index in [9.17, 15) is 19.6 Å². The summed E-state index contributed by atoms with van der Waals surface area (Å²) in [4.78, 5) is 54.8. The first-order chi connectivity index (χ1) is 24.0. The molecule has 4 aliphatic rings. The lowest BCUT2D eigenvalue weighted by molar-refractivity contribution is -0.125. The number of morpholine rings is 1. The molecule has 2 N–H and O–H groups in total. The van der Waals surface area contributed by atoms with Gasteiger partial charge < -0.3 is 24.8 Å². The average molecular weight is 717 g/mol. The number of carbonyl (C=O) groups is 3. The molecule has 3 amide bonds. The number of nitrogens with zero attached hydrogens (tertiary/aromatic N) is 7. The van der Waals surface area contributed by atoms with Crippen LogP contribution in [0.15, 0.2) is 53.2 Å². The predicted octanol–water partition coefficient (Wildman–Crippen LogP) is 3.99. The number of imidazole rings is 1. The summed E-state index contributed by atoms with van der Waals surface area (Å²) in [6.45, 7) is 4.17. The quantitative estimate of drug-likeness (QED) is 0.258. The highest BCUT2D eigenvalue weighted by Crippen LogP contribution is 2.48. The lowest BCUT2D eigenvalue weighted by Gasteiger charge is -2.27. The van der Waals surface area contributed by atoms with E-state index in [1.54, 1.807) is 54.0 Å². The smallest absolute Gasteiger partial charge is 0.270 e. The van der Waals surface area contributed by atoms with Gasteiger partial charge in [0, 0.05) is 29.6 Å². The molecular weight excluding hydrogens is 685 g/mol. The van der Waals surface area contributed by atoms with Crippen LogP contribution in [0, 0.1) is 11.3 Å². The van der Waals surface area contributed by atoms with Gasteiger partial charge in [0.05, 0.1) is 36.7 Å². The maximum atomic E-state index is 14.4. The number of fused-ring (bicyclic) bond motifs is 1. The Balaban J connectivity index is 1.07. The number of nitriles is 1. The maximum absolute atomic E-state index is 14.4. The number of carbonyl (C=O) groups excluding carboxylic acids is 3. The van der Waals surface area contributed by atoms with Gasteiger partial charge in [0.1, 0.15) is 22.3 Å². The third-order valence-corrected chi connectivity index (χ3v) is 10.3. The molecule has 0 radical (unpaired) electrons. The summed E-state index contributed by atoms with van der Waals surface area (Å²) in [5.74, 6) is -0.265. The van der Waals surface area contributed by atoms with Crippen LogP contribution in [0.2, 0.25) is 10.0 Å². The Morgan fingerprint density at radius 3 is 2.36 bits per heavy atom. The molecule has 2 saturated carbocycles. The zero-order valence-corrected chi connectivity index (χ0v) is 28.4. The summed E-state index contributed by atoms with van der Waals surface area (Å²) in [6.07, 6.45) is 3.69. The summed E-state index contributed by atoms with van der Waals surface area (Å²) in [5.41, 5.74) is -1.54. The molecule has 16 heteroatoms. The molecule has 4 aromatic rings. The number of nitrogens with one attached hydrogen (secondary N) is 2. The van der Waals surface area contributed by atoms with Gasteiger partial charge in [-0.3, -0.25) is 19.0 Å². The first-order valence-corrected chi connectivity index (χ1v) is 17.0. The molecule has 2 aliphatic heterocycles. The molecule has 50 heavy (non-hydrogen) atoms. The van der Waals surface area contributed by atoms with Crippen LogP contribution in [-0.4, -0.2) is 69.3 Å². The SMILES string of the molecule is C[C@@]1(Cc2ccc(C#N)cc2)C(=O)N(c2cc(Cl)cc(Cl)c2)c2ncc(C(=O)NC3(C(=O)NC4(c5nc(N6CCOCC6)no5)CC4)CC3)n21. The van der Waals surface area contributed by atoms with Crippen LogP contribution in [0.4, 0.5) is 17.6 Å². The van der Waals surface area contributed by atoms with Crippen LogP contribution in [0.1, 0.15) is 60.1 Å². The van der Waals surface area contributed by atoms with Crippen molar-refractivity contribution in [3.8, 4) is 6.07 Å². The molecule has 0 spiro atoms. The molecule has 0 bridgehead atoms. The Kier molecular flexibility index (Phi) is 7.63. The monoisotopic (exact) mass is 715 g/mol. The third kappa shape index (κ3) is 5.46. The van der Waals surface area contributed by atoms with Crippen molar-refractivity contribution in [2.24, 2.45) is 0 Å². The van der Waals surface area contributed by atoms with Gasteiger partial charge in [-0.25, -0.2) is 9.88 Å². The van der Waals surface area contributed by atoms with Crippen LogP contribution >= 0.6 is 23.2 Å². The largest absolute Gasteiger partial charge is 0.378 e. The number of rotatable bonds is 9. The van der Waals surface area contributed by atoms with E-state index in [2.05, 4.69) is 31.8 Å². The van der Waals surface area contributed by atoms with Crippen molar-refractivity contribution in [2.45, 2.75) is 55.6 Å². The van der Waals surface area contributed by atoms with E-state index in [-0.39, 0.29) is 29.9 Å². The van der Waals surface area contributed by atoms with Crippen LogP contribution in [0.5, 0.6) is 0 Å². The fraction of sp³-hybridized carbons (Fsp3) is 0.382. The normalized spacial score (nSPS) is 21.4. The van der Waals surface area contributed by atoms with E-state index in [4.69, 9.17) is 32.5 Å². The molecule has 0 unspecified atom stereocenters. The molecule has 1 saturated heterocycles. The highest BCUT2D eigenvalue weighted by Gasteiger charge is 2.59. The van der Waals surface area contributed by atoms with Crippen LogP contribution in [-0.2, 0) is 31.8 Å². The number of amides is 3. The second-order valence-electron chi connectivity index (χ2n) is 13.4. The van der Waals surface area contributed by atoms with Crippen molar-refractivity contribution >= 4 is 58.5 Å². The molecule has 3 fully saturated rings. The third-order valence-electron chi connectivity index (χ3n) is 9.83. The Bertz CT molecular complexity index is 2060. The van der Waals surface area contributed by atoms with Crippen molar-refractivity contribution < 1.29 is 23.6 Å². The van der Waals surface area contributed by atoms with Crippen molar-refractivity contribution in [1.82, 2.24) is 30.3 Å². The van der Waals surface area contributed by atoms with E-state index in [0.29, 0.717) is 85.1 Å². The number of aromatic nitrogens is 4. The van der Waals surface area contributed by atoms with Gasteiger partial charge in [0.2, 0.25) is 11.9 Å². The van der Waals surface area contributed by atoms with Crippen LogP contribution in [0.3, 0.4) is 0 Å². The average Bonchev–Trinajstić information content (AvgIpc) is 3.92. The van der Waals surface area contributed by atoms with Gasteiger partial charge in [-0.15, -0.1) is 0 Å². The van der Waals surface area contributed by atoms with Crippen LogP contribution in [0.25, 0.3) is 0 Å². The molecule has 1 atom stereocenters. The number of benzene rings is 2. The molecule has 2 aromatic heterocycles. The zero-order valence-electron chi connectivity index (χ0n) is 26.9. The number of hydrogen-bond acceptors (Lipinski definition) is 10. The Labute approximate surface area is 296 Å². The highest BCUT2D eigenvalue weighted by molar-refractivity contribution is 6.35. The number of anilines is 3. The predicted molar refractivity (Wildman–Crippen MR) is 180 cm³/mol. The van der Waals surface area contributed by atoms with E-state index >= 15 is 0 Å². The van der Waals surface area contributed by atoms with Crippen molar-refractivity contribution in [2.75, 3.05) is 36.1 Å². The summed E-state index contributed by atoms with van der Waals surface area (Å²) >= 11 is 12.7. The minimum absolute atomic E-state index is 0.104. The number of hydrogen-bond donors (Lipinski definition) is 2. The Morgan fingerprint density at radius 1 is 1.02 bits per heavy atom. The highest BCUT2D eigenvalue weighted by atomic mass is 35.5. The second-order valence-corrected chi connectivity index (χ2v) is 14.3. The minimum atomic E-state index is -1.32. The molecule has 2 aromatic carbocycles. The van der Waals surface area contributed by atoms with Crippen molar-refractivity contribution in [3.63, 3.8) is 0 Å². The fourth-order valence-corrected chi connectivity index (χ4v) is 7.21. The Morgan fingerprint density at radius 2 is 1.72 bits per heavy atom. The molecule has 256 valence electrons. The first-order valence-electron chi connectivity index (χ1n) is 16.2. The minimum Gasteiger partial charge on any atom is -0.378 e. The van der Waals surface area contributed by atoms with E-state index in [1.165, 1.54) is 11.1 Å². The maximum Gasteiger partial charge on any atom is 0.270 e. The lowest BCUT2D eigenvalue weighted by Crippen LogP contribution is -2.52. The lowest BCUT2D eigenvalue weighted by atomic mass is 9.91. The second kappa shape index (κ2) is 11.8. The molecule has 2 aliphatic carbocycles. The molecular formula is C34H31Cl2N9O5. The van der Waals surface area contributed by atoms with E-state index in [0.717, 1.165) is 5.56 Å². The molecule has 4 heterocycles. The van der Waals surface area contributed by atoms with Gasteiger partial charge in [-0.2, -0.15) is 10.2 Å². The molecule has 14 nitrogen and oxygen atoms in total. The van der Waals surface area contributed by atoms with E-state index < -0.39 is 22.5 Å². The topological polar surface area (TPSA) is 172 Å². The zero-order chi connectivity index (χ0) is 34.8. The van der Waals surface area contributed by atoms with Crippen molar-refractivity contribution in [1.29, 1.82) is 5.26 Å². The van der Waals surface area contributed by atoms with Crippen molar-refractivity contribution in [3.05, 3.63) is 81.4 Å². The summed E-state index contributed by atoms with van der Waals surface area (Å²) < 4.78 is 12.6. The summed E-state index contributed by atoms with van der Waals surface area (Å²) in [6, 6.07) is 13.8. The first kappa shape index (κ1) is 32.2. The van der Waals surface area contributed by atoms with Gasteiger partial charge in [-0.1, -0.05) is 35.3 Å². The number of ether oxygens (including phenoxy) is 1. The van der Waals surface area contributed by atoms with Gasteiger partial charge in [0.15, 0.2) is 0 Å². The molecule has 8 rings (SSSR count). The van der Waals surface area contributed by atoms with E-state index in [1.807, 2.05) is 4.90 Å². The fourth-order valence-electron chi connectivity index (χ4n) is 6.70.